The van der Waals surface area contributed by atoms with Crippen LogP contribution < -0.4 is 0 Å². The molecule has 5 heteroatoms. The molecule has 18 heavy (non-hydrogen) atoms. The molecule has 1 aromatic heterocycles. The van der Waals surface area contributed by atoms with E-state index in [-0.39, 0.29) is 6.42 Å². The number of hydrogen-bond donors (Lipinski definition) is 1. The smallest absolute Gasteiger partial charge is 0.303 e. The number of carboxylic acid groups (broad SMARTS) is 1. The fourth-order valence-electron chi connectivity index (χ4n) is 2.47. The second-order valence-electron chi connectivity index (χ2n) is 4.84. The van der Waals surface area contributed by atoms with Crippen molar-refractivity contribution < 1.29 is 9.90 Å². The SMILES string of the molecule is O=C(O)CCC1CCCN(Cc2ncccn2)C1. The van der Waals surface area contributed by atoms with Crippen LogP contribution >= 0.6 is 0 Å². The number of likely N-dealkylation sites (tertiary alicyclic amines) is 1. The Balaban J connectivity index is 1.81. The minimum Gasteiger partial charge on any atom is -0.481 e. The number of aliphatic carboxylic acids is 1. The lowest BCUT2D eigenvalue weighted by Gasteiger charge is -2.31. The third-order valence-corrected chi connectivity index (χ3v) is 3.35. The number of rotatable bonds is 5. The van der Waals surface area contributed by atoms with Gasteiger partial charge in [-0.15, -0.1) is 0 Å². The van der Waals surface area contributed by atoms with E-state index in [1.54, 1.807) is 12.4 Å². The van der Waals surface area contributed by atoms with E-state index in [9.17, 15) is 4.79 Å². The lowest BCUT2D eigenvalue weighted by Crippen LogP contribution is -2.35. The maximum atomic E-state index is 10.6. The molecule has 1 aliphatic rings. The third kappa shape index (κ3) is 4.07. The maximum absolute atomic E-state index is 10.6. The van der Waals surface area contributed by atoms with Crippen LogP contribution in [0.5, 0.6) is 0 Å². The monoisotopic (exact) mass is 249 g/mol. The van der Waals surface area contributed by atoms with Crippen molar-refractivity contribution in [2.75, 3.05) is 13.1 Å². The molecule has 1 atom stereocenters. The van der Waals surface area contributed by atoms with E-state index in [1.165, 1.54) is 0 Å². The zero-order valence-electron chi connectivity index (χ0n) is 10.5. The summed E-state index contributed by atoms with van der Waals surface area (Å²) in [6.45, 7) is 2.79. The average molecular weight is 249 g/mol. The van der Waals surface area contributed by atoms with Crippen molar-refractivity contribution in [2.45, 2.75) is 32.2 Å². The average Bonchev–Trinajstić information content (AvgIpc) is 2.38. The number of carbonyl (C=O) groups is 1. The number of piperidine rings is 1. The summed E-state index contributed by atoms with van der Waals surface area (Å²) in [6.07, 6.45) is 6.85. The van der Waals surface area contributed by atoms with E-state index < -0.39 is 5.97 Å². The molecule has 98 valence electrons. The fourth-order valence-corrected chi connectivity index (χ4v) is 2.47. The van der Waals surface area contributed by atoms with Crippen LogP contribution in [-0.4, -0.2) is 39.0 Å². The van der Waals surface area contributed by atoms with Gasteiger partial charge in [0.15, 0.2) is 0 Å². The minimum atomic E-state index is -0.696. The van der Waals surface area contributed by atoms with Gasteiger partial charge in [-0.1, -0.05) is 0 Å². The molecule has 0 amide bonds. The van der Waals surface area contributed by atoms with E-state index in [2.05, 4.69) is 14.9 Å². The van der Waals surface area contributed by atoms with Gasteiger partial charge in [-0.05, 0) is 37.8 Å². The minimum absolute atomic E-state index is 0.278. The summed E-state index contributed by atoms with van der Waals surface area (Å²) in [5.41, 5.74) is 0. The molecular formula is C13H19N3O2. The zero-order valence-corrected chi connectivity index (χ0v) is 10.5. The summed E-state index contributed by atoms with van der Waals surface area (Å²) in [5, 5.41) is 8.71. The lowest BCUT2D eigenvalue weighted by molar-refractivity contribution is -0.137. The maximum Gasteiger partial charge on any atom is 0.303 e. The molecular weight excluding hydrogens is 230 g/mol. The second kappa shape index (κ2) is 6.44. The summed E-state index contributed by atoms with van der Waals surface area (Å²) in [4.78, 5) is 21.4. The summed E-state index contributed by atoms with van der Waals surface area (Å²) < 4.78 is 0. The number of nitrogens with zero attached hydrogens (tertiary/aromatic N) is 3. The molecule has 2 heterocycles. The quantitative estimate of drug-likeness (QED) is 0.857. The van der Waals surface area contributed by atoms with Gasteiger partial charge in [-0.2, -0.15) is 0 Å². The molecule has 1 aromatic rings. The normalized spacial score (nSPS) is 20.8. The number of carboxylic acids is 1. The van der Waals surface area contributed by atoms with Gasteiger partial charge in [-0.25, -0.2) is 9.97 Å². The molecule has 0 bridgehead atoms. The molecule has 1 unspecified atom stereocenters. The van der Waals surface area contributed by atoms with Gasteiger partial charge in [0.25, 0.3) is 0 Å². The first-order valence-corrected chi connectivity index (χ1v) is 6.44. The number of hydrogen-bond acceptors (Lipinski definition) is 4. The Morgan fingerprint density at radius 1 is 1.44 bits per heavy atom. The molecule has 0 spiro atoms. The van der Waals surface area contributed by atoms with Crippen LogP contribution in [0, 0.1) is 5.92 Å². The van der Waals surface area contributed by atoms with Gasteiger partial charge in [0.2, 0.25) is 0 Å². The summed E-state index contributed by atoms with van der Waals surface area (Å²) >= 11 is 0. The van der Waals surface area contributed by atoms with Crippen molar-refractivity contribution in [3.8, 4) is 0 Å². The van der Waals surface area contributed by atoms with Gasteiger partial charge in [-0.3, -0.25) is 9.69 Å². The molecule has 0 saturated carbocycles. The van der Waals surface area contributed by atoms with Crippen LogP contribution in [0.15, 0.2) is 18.5 Å². The highest BCUT2D eigenvalue weighted by atomic mass is 16.4. The third-order valence-electron chi connectivity index (χ3n) is 3.35. The fraction of sp³-hybridized carbons (Fsp3) is 0.615. The Morgan fingerprint density at radius 3 is 2.94 bits per heavy atom. The zero-order chi connectivity index (χ0) is 12.8. The van der Waals surface area contributed by atoms with Gasteiger partial charge < -0.3 is 5.11 Å². The summed E-state index contributed by atoms with van der Waals surface area (Å²) in [6, 6.07) is 1.81. The molecule has 2 rings (SSSR count). The Hall–Kier alpha value is -1.49. The van der Waals surface area contributed by atoms with Crippen LogP contribution in [0.3, 0.4) is 0 Å². The van der Waals surface area contributed by atoms with E-state index >= 15 is 0 Å². The number of aromatic nitrogens is 2. The Bertz CT molecular complexity index is 383. The van der Waals surface area contributed by atoms with Crippen LogP contribution in [0.1, 0.15) is 31.5 Å². The predicted octanol–water partition coefficient (Wildman–Crippen LogP) is 1.55. The first-order valence-electron chi connectivity index (χ1n) is 6.44. The van der Waals surface area contributed by atoms with E-state index in [1.807, 2.05) is 6.07 Å². The molecule has 1 fully saturated rings. The molecule has 1 N–H and O–H groups in total. The molecule has 0 aromatic carbocycles. The van der Waals surface area contributed by atoms with Crippen molar-refractivity contribution in [3.63, 3.8) is 0 Å². The standard InChI is InChI=1S/C13H19N3O2/c17-13(18)5-4-11-3-1-8-16(9-11)10-12-14-6-2-7-15-12/h2,6-7,11H,1,3-5,8-10H2,(H,17,18). The van der Waals surface area contributed by atoms with E-state index in [4.69, 9.17) is 5.11 Å². The van der Waals surface area contributed by atoms with Gasteiger partial charge >= 0.3 is 5.97 Å². The van der Waals surface area contributed by atoms with Crippen LogP contribution in [0.4, 0.5) is 0 Å². The van der Waals surface area contributed by atoms with Gasteiger partial charge in [0, 0.05) is 25.4 Å². The largest absolute Gasteiger partial charge is 0.481 e. The molecule has 0 radical (unpaired) electrons. The lowest BCUT2D eigenvalue weighted by atomic mass is 9.93. The molecule has 0 aliphatic carbocycles. The molecule has 1 aliphatic heterocycles. The van der Waals surface area contributed by atoms with Gasteiger partial charge in [0.1, 0.15) is 5.82 Å². The van der Waals surface area contributed by atoms with Crippen LogP contribution in [0.25, 0.3) is 0 Å². The Labute approximate surface area is 107 Å². The highest BCUT2D eigenvalue weighted by Gasteiger charge is 2.20. The molecule has 1 saturated heterocycles. The van der Waals surface area contributed by atoms with Crippen LogP contribution in [-0.2, 0) is 11.3 Å². The Morgan fingerprint density at radius 2 is 2.22 bits per heavy atom. The van der Waals surface area contributed by atoms with Crippen molar-refractivity contribution >= 4 is 5.97 Å². The second-order valence-corrected chi connectivity index (χ2v) is 4.84. The van der Waals surface area contributed by atoms with E-state index in [0.717, 1.165) is 44.7 Å². The van der Waals surface area contributed by atoms with E-state index in [0.29, 0.717) is 5.92 Å². The first-order chi connectivity index (χ1) is 8.74. The summed E-state index contributed by atoms with van der Waals surface area (Å²) in [7, 11) is 0. The van der Waals surface area contributed by atoms with Crippen molar-refractivity contribution in [1.82, 2.24) is 14.9 Å². The van der Waals surface area contributed by atoms with Crippen molar-refractivity contribution in [3.05, 3.63) is 24.3 Å². The van der Waals surface area contributed by atoms with Crippen molar-refractivity contribution in [2.24, 2.45) is 5.92 Å². The predicted molar refractivity (Wildman–Crippen MR) is 66.9 cm³/mol. The summed E-state index contributed by atoms with van der Waals surface area (Å²) in [5.74, 6) is 0.647. The topological polar surface area (TPSA) is 66.3 Å². The highest BCUT2D eigenvalue weighted by Crippen LogP contribution is 2.21. The van der Waals surface area contributed by atoms with Crippen molar-refractivity contribution in [1.29, 1.82) is 0 Å². The van der Waals surface area contributed by atoms with Crippen LogP contribution in [0.2, 0.25) is 0 Å². The highest BCUT2D eigenvalue weighted by molar-refractivity contribution is 5.66. The van der Waals surface area contributed by atoms with Gasteiger partial charge in [0.05, 0.1) is 6.54 Å². The Kier molecular flexibility index (Phi) is 4.64. The molecule has 5 nitrogen and oxygen atoms in total. The first kappa shape index (κ1) is 13.0.